The minimum Gasteiger partial charge on any atom is -0.464 e. The van der Waals surface area contributed by atoms with E-state index in [1.165, 1.54) is 7.11 Å². The number of carbonyl (C=O) groups excluding carboxylic acids is 2. The molecular formula is C23H39N3O5Si. The average molecular weight is 466 g/mol. The molecule has 1 aromatic heterocycles. The summed E-state index contributed by atoms with van der Waals surface area (Å²) in [6, 6.07) is 3.35. The first-order valence-electron chi connectivity index (χ1n) is 11.1. The molecule has 1 fully saturated rings. The Labute approximate surface area is 193 Å². The number of ether oxygens (including phenoxy) is 2. The maximum absolute atomic E-state index is 12.9. The number of hydrogen-bond donors (Lipinski definition) is 0. The van der Waals surface area contributed by atoms with Crippen LogP contribution in [0.25, 0.3) is 0 Å². The second-order valence-electron chi connectivity index (χ2n) is 10.7. The molecule has 1 saturated heterocycles. The molecular weight excluding hydrogens is 426 g/mol. The zero-order chi connectivity index (χ0) is 24.3. The first-order chi connectivity index (χ1) is 14.6. The summed E-state index contributed by atoms with van der Waals surface area (Å²) in [6.45, 7) is 18.8. The molecule has 1 aromatic rings. The van der Waals surface area contributed by atoms with Crippen LogP contribution >= 0.6 is 0 Å². The minimum absolute atomic E-state index is 0.0751. The number of nitrogens with zero attached hydrogens (tertiary/aromatic N) is 3. The Morgan fingerprint density at radius 3 is 2.28 bits per heavy atom. The highest BCUT2D eigenvalue weighted by molar-refractivity contribution is 6.74. The Balaban J connectivity index is 2.20. The predicted octanol–water partition coefficient (Wildman–Crippen LogP) is 4.32. The minimum atomic E-state index is -1.99. The van der Waals surface area contributed by atoms with Crippen LogP contribution < -0.4 is 4.90 Å². The Morgan fingerprint density at radius 2 is 1.78 bits per heavy atom. The van der Waals surface area contributed by atoms with Gasteiger partial charge >= 0.3 is 12.1 Å². The molecule has 0 unspecified atom stereocenters. The van der Waals surface area contributed by atoms with Crippen molar-refractivity contribution < 1.29 is 23.5 Å². The Hall–Kier alpha value is -2.13. The van der Waals surface area contributed by atoms with Crippen LogP contribution in [0, 0.1) is 0 Å². The van der Waals surface area contributed by atoms with Crippen molar-refractivity contribution in [3.8, 4) is 0 Å². The first kappa shape index (κ1) is 26.1. The van der Waals surface area contributed by atoms with E-state index >= 15 is 0 Å². The van der Waals surface area contributed by atoms with E-state index < -0.39 is 19.9 Å². The number of pyridine rings is 1. The van der Waals surface area contributed by atoms with E-state index in [9.17, 15) is 9.59 Å². The number of carbonyl (C=O) groups is 2. The lowest BCUT2D eigenvalue weighted by molar-refractivity contribution is 0.00781. The summed E-state index contributed by atoms with van der Waals surface area (Å²) < 4.78 is 16.9. The summed E-state index contributed by atoms with van der Waals surface area (Å²) in [6.07, 6.45) is 1.35. The van der Waals surface area contributed by atoms with Crippen LogP contribution in [0.3, 0.4) is 0 Å². The van der Waals surface area contributed by atoms with Gasteiger partial charge in [-0.05, 0) is 51.0 Å². The fraction of sp³-hybridized carbons (Fsp3) is 0.696. The number of hydrogen-bond acceptors (Lipinski definition) is 7. The van der Waals surface area contributed by atoms with E-state index in [1.54, 1.807) is 17.2 Å². The SMILES string of the molecule is COC(=O)c1ccc(N2CCN(C(=O)OC(C)(C)C)[C@H](CO[Si](C)(C)C(C)(C)C)C2)cn1. The molecule has 0 saturated carbocycles. The van der Waals surface area contributed by atoms with Crippen molar-refractivity contribution in [3.05, 3.63) is 24.0 Å². The molecule has 8 nitrogen and oxygen atoms in total. The number of amides is 1. The van der Waals surface area contributed by atoms with Gasteiger partial charge in [0.15, 0.2) is 8.32 Å². The van der Waals surface area contributed by atoms with Crippen molar-refractivity contribution in [3.63, 3.8) is 0 Å². The second-order valence-corrected chi connectivity index (χ2v) is 15.5. The zero-order valence-electron chi connectivity index (χ0n) is 21.0. The summed E-state index contributed by atoms with van der Waals surface area (Å²) in [5, 5.41) is 0.0751. The first-order valence-corrected chi connectivity index (χ1v) is 14.0. The summed E-state index contributed by atoms with van der Waals surface area (Å²) in [7, 11) is -0.653. The highest BCUT2D eigenvalue weighted by atomic mass is 28.4. The monoisotopic (exact) mass is 465 g/mol. The number of anilines is 1. The van der Waals surface area contributed by atoms with Crippen LogP contribution in [-0.2, 0) is 13.9 Å². The van der Waals surface area contributed by atoms with Gasteiger partial charge in [0.1, 0.15) is 11.3 Å². The summed E-state index contributed by atoms with van der Waals surface area (Å²) in [4.78, 5) is 32.8. The Kier molecular flexibility index (Phi) is 7.99. The molecule has 0 aromatic carbocycles. The third-order valence-corrected chi connectivity index (χ3v) is 10.6. The van der Waals surface area contributed by atoms with Crippen molar-refractivity contribution in [2.24, 2.45) is 0 Å². The summed E-state index contributed by atoms with van der Waals surface area (Å²) in [5.74, 6) is -0.466. The molecule has 0 aliphatic carbocycles. The van der Waals surface area contributed by atoms with E-state index in [4.69, 9.17) is 13.9 Å². The number of esters is 1. The lowest BCUT2D eigenvalue weighted by atomic mass is 10.1. The molecule has 1 aliphatic rings. The molecule has 32 heavy (non-hydrogen) atoms. The lowest BCUT2D eigenvalue weighted by Crippen LogP contribution is -2.59. The molecule has 0 bridgehead atoms. The number of methoxy groups -OCH3 is 1. The van der Waals surface area contributed by atoms with Gasteiger partial charge < -0.3 is 18.8 Å². The van der Waals surface area contributed by atoms with Crippen molar-refractivity contribution >= 4 is 26.1 Å². The lowest BCUT2D eigenvalue weighted by Gasteiger charge is -2.44. The van der Waals surface area contributed by atoms with Gasteiger partial charge in [0, 0.05) is 19.6 Å². The van der Waals surface area contributed by atoms with Crippen LogP contribution in [0.5, 0.6) is 0 Å². The smallest absolute Gasteiger partial charge is 0.410 e. The maximum atomic E-state index is 12.9. The molecule has 2 heterocycles. The van der Waals surface area contributed by atoms with Crippen molar-refractivity contribution in [2.75, 3.05) is 38.3 Å². The second kappa shape index (κ2) is 9.78. The fourth-order valence-electron chi connectivity index (χ4n) is 3.11. The normalized spacial score (nSPS) is 17.8. The van der Waals surface area contributed by atoms with Gasteiger partial charge in [-0.3, -0.25) is 4.90 Å². The van der Waals surface area contributed by atoms with E-state index in [0.29, 0.717) is 26.2 Å². The van der Waals surface area contributed by atoms with Gasteiger partial charge in [0.2, 0.25) is 0 Å². The van der Waals surface area contributed by atoms with E-state index in [0.717, 1.165) is 5.69 Å². The Morgan fingerprint density at radius 1 is 1.12 bits per heavy atom. The molecule has 1 aliphatic heterocycles. The predicted molar refractivity (Wildman–Crippen MR) is 128 cm³/mol. The van der Waals surface area contributed by atoms with Crippen LogP contribution in [0.4, 0.5) is 10.5 Å². The van der Waals surface area contributed by atoms with Crippen LogP contribution in [0.2, 0.25) is 18.1 Å². The Bertz CT molecular complexity index is 799. The molecule has 180 valence electrons. The highest BCUT2D eigenvalue weighted by Crippen LogP contribution is 2.37. The van der Waals surface area contributed by atoms with Crippen molar-refractivity contribution in [2.45, 2.75) is 71.3 Å². The largest absolute Gasteiger partial charge is 0.464 e. The molecule has 0 radical (unpaired) electrons. The standard InChI is InChI=1S/C23H39N3O5Si/c1-22(2,3)31-21(28)26-13-12-25(17-10-11-19(24-14-17)20(27)29-7)15-18(26)16-30-32(8,9)23(4,5)6/h10-11,14,18H,12-13,15-16H2,1-9H3/t18-/m0/s1. The van der Waals surface area contributed by atoms with Crippen LogP contribution in [0.15, 0.2) is 18.3 Å². The highest BCUT2D eigenvalue weighted by Gasteiger charge is 2.40. The molecule has 1 atom stereocenters. The average Bonchev–Trinajstić information content (AvgIpc) is 2.69. The maximum Gasteiger partial charge on any atom is 0.410 e. The zero-order valence-corrected chi connectivity index (χ0v) is 22.0. The quantitative estimate of drug-likeness (QED) is 0.473. The summed E-state index contributed by atoms with van der Waals surface area (Å²) >= 11 is 0. The van der Waals surface area contributed by atoms with Gasteiger partial charge in [-0.15, -0.1) is 0 Å². The van der Waals surface area contributed by atoms with Crippen molar-refractivity contribution in [1.82, 2.24) is 9.88 Å². The van der Waals surface area contributed by atoms with Gasteiger partial charge in [-0.25, -0.2) is 14.6 Å². The topological polar surface area (TPSA) is 81.2 Å². The molecule has 9 heteroatoms. The molecule has 2 rings (SSSR count). The number of aromatic nitrogens is 1. The van der Waals surface area contributed by atoms with Crippen LogP contribution in [-0.4, -0.2) is 75.3 Å². The van der Waals surface area contributed by atoms with Gasteiger partial charge in [0.25, 0.3) is 0 Å². The van der Waals surface area contributed by atoms with E-state index in [1.807, 2.05) is 26.8 Å². The molecule has 0 N–H and O–H groups in total. The fourth-order valence-corrected chi connectivity index (χ4v) is 4.15. The van der Waals surface area contributed by atoms with Gasteiger partial charge in [-0.2, -0.15) is 0 Å². The van der Waals surface area contributed by atoms with Crippen LogP contribution in [0.1, 0.15) is 52.0 Å². The van der Waals surface area contributed by atoms with E-state index in [2.05, 4.69) is 43.7 Å². The summed E-state index contributed by atoms with van der Waals surface area (Å²) in [5.41, 5.74) is 0.590. The van der Waals surface area contributed by atoms with Gasteiger partial charge in [-0.1, -0.05) is 20.8 Å². The number of piperazine rings is 1. The van der Waals surface area contributed by atoms with Crippen molar-refractivity contribution in [1.29, 1.82) is 0 Å². The third-order valence-electron chi connectivity index (χ3n) is 6.06. The number of rotatable bonds is 5. The van der Waals surface area contributed by atoms with E-state index in [-0.39, 0.29) is 22.9 Å². The van der Waals surface area contributed by atoms with Gasteiger partial charge in [0.05, 0.1) is 31.6 Å². The molecule has 1 amide bonds. The molecule has 0 spiro atoms. The third kappa shape index (κ3) is 6.68.